The minimum Gasteiger partial charge on any atom is -0.456 e. The maximum Gasteiger partial charge on any atom is 0.136 e. The van der Waals surface area contributed by atoms with E-state index in [1.54, 1.807) is 0 Å². The molecular weight excluding hydrogens is 282 g/mol. The quantitative estimate of drug-likeness (QED) is 0.361. The van der Waals surface area contributed by atoms with Crippen molar-refractivity contribution in [3.63, 3.8) is 0 Å². The van der Waals surface area contributed by atoms with E-state index in [0.717, 1.165) is 27.6 Å². The van der Waals surface area contributed by atoms with Gasteiger partial charge in [0.2, 0.25) is 0 Å². The largest absolute Gasteiger partial charge is 0.456 e. The second-order valence-corrected chi connectivity index (χ2v) is 6.05. The maximum absolute atomic E-state index is 6.05. The Balaban J connectivity index is 2.07. The molecule has 0 bridgehead atoms. The van der Waals surface area contributed by atoms with Crippen molar-refractivity contribution >= 4 is 49.4 Å². The first-order valence-corrected chi connectivity index (χ1v) is 7.74. The van der Waals surface area contributed by atoms with E-state index < -0.39 is 0 Å². The molecule has 0 aliphatic heterocycles. The molecule has 0 amide bonds. The summed E-state index contributed by atoms with van der Waals surface area (Å²) in [7, 11) is 0. The van der Waals surface area contributed by atoms with Crippen molar-refractivity contribution in [2.24, 2.45) is 0 Å². The smallest absolute Gasteiger partial charge is 0.136 e. The number of benzene rings is 3. The summed E-state index contributed by atoms with van der Waals surface area (Å²) < 4.78 is 8.28. The van der Waals surface area contributed by atoms with E-state index >= 15 is 0 Å². The Morgan fingerprint density at radius 1 is 0.783 bits per heavy atom. The number of furan rings is 1. The monoisotopic (exact) mass is 297 g/mol. The molecule has 110 valence electrons. The van der Waals surface area contributed by atoms with Crippen molar-refractivity contribution in [3.05, 3.63) is 67.2 Å². The molecule has 3 aromatic carbocycles. The zero-order valence-electron chi connectivity index (χ0n) is 12.8. The van der Waals surface area contributed by atoms with Gasteiger partial charge in [0, 0.05) is 27.2 Å². The Bertz CT molecular complexity index is 1240. The Kier molecular flexibility index (Phi) is 2.32. The predicted molar refractivity (Wildman–Crippen MR) is 97.7 cm³/mol. The highest BCUT2D eigenvalue weighted by atomic mass is 16.3. The summed E-state index contributed by atoms with van der Waals surface area (Å²) in [6.07, 6.45) is 0. The molecule has 2 heteroatoms. The summed E-state index contributed by atoms with van der Waals surface area (Å²) in [6, 6.07) is 21.0. The fourth-order valence-corrected chi connectivity index (χ4v) is 3.60. The van der Waals surface area contributed by atoms with Gasteiger partial charge in [0.25, 0.3) is 0 Å². The number of rotatable bonds is 1. The van der Waals surface area contributed by atoms with Gasteiger partial charge in [0.1, 0.15) is 11.2 Å². The van der Waals surface area contributed by atoms with Gasteiger partial charge in [-0.25, -0.2) is 0 Å². The number of aromatic nitrogens is 1. The van der Waals surface area contributed by atoms with Crippen molar-refractivity contribution in [2.75, 3.05) is 0 Å². The maximum atomic E-state index is 6.05. The number of fused-ring (bicyclic) bond motifs is 6. The molecule has 2 aromatic heterocycles. The minimum absolute atomic E-state index is 0.932. The molecule has 0 saturated heterocycles. The van der Waals surface area contributed by atoms with Gasteiger partial charge in [-0.2, -0.15) is 0 Å². The summed E-state index contributed by atoms with van der Waals surface area (Å²) >= 11 is 0. The molecular formula is C21H15NO. The highest BCUT2D eigenvalue weighted by Crippen LogP contribution is 2.37. The lowest BCUT2D eigenvalue weighted by Crippen LogP contribution is -1.90. The van der Waals surface area contributed by atoms with E-state index in [4.69, 9.17) is 4.42 Å². The molecule has 0 aliphatic carbocycles. The highest BCUT2D eigenvalue weighted by Gasteiger charge is 2.14. The summed E-state index contributed by atoms with van der Waals surface area (Å²) in [4.78, 5) is 0. The van der Waals surface area contributed by atoms with Gasteiger partial charge >= 0.3 is 0 Å². The number of hydrogen-bond donors (Lipinski definition) is 0. The zero-order valence-corrected chi connectivity index (χ0v) is 12.8. The lowest BCUT2D eigenvalue weighted by atomic mass is 10.1. The molecule has 2 nitrogen and oxygen atoms in total. The lowest BCUT2D eigenvalue weighted by Gasteiger charge is -2.05. The van der Waals surface area contributed by atoms with Crippen molar-refractivity contribution in [1.29, 1.82) is 0 Å². The molecule has 0 spiro atoms. The van der Waals surface area contributed by atoms with Crippen LogP contribution in [0.2, 0.25) is 0 Å². The number of hydrogen-bond acceptors (Lipinski definition) is 1. The Labute approximate surface area is 133 Å². The van der Waals surface area contributed by atoms with Crippen LogP contribution in [-0.2, 0) is 0 Å². The topological polar surface area (TPSA) is 18.1 Å². The van der Waals surface area contributed by atoms with Gasteiger partial charge < -0.3 is 8.98 Å². The average molecular weight is 297 g/mol. The van der Waals surface area contributed by atoms with E-state index in [1.165, 1.54) is 21.8 Å². The number of allylic oxidation sites excluding steroid dienone is 1. The van der Waals surface area contributed by atoms with Crippen LogP contribution in [0, 0.1) is 0 Å². The Hall–Kier alpha value is -3.00. The van der Waals surface area contributed by atoms with Gasteiger partial charge in [0.05, 0.1) is 11.0 Å². The molecule has 0 N–H and O–H groups in total. The number of nitrogens with zero attached hydrogens (tertiary/aromatic N) is 1. The standard InChI is InChI=1S/C21H15NO/c1-13(2)22-18-9-5-3-7-14(18)16-12-21-17(11-19(16)22)15-8-4-6-10-20(15)23-21/h3-12H,1H2,2H3. The molecule has 0 fully saturated rings. The van der Waals surface area contributed by atoms with E-state index in [9.17, 15) is 0 Å². The first-order chi connectivity index (χ1) is 11.2. The predicted octanol–water partition coefficient (Wildman–Crippen LogP) is 6.18. The van der Waals surface area contributed by atoms with E-state index in [-0.39, 0.29) is 0 Å². The van der Waals surface area contributed by atoms with Crippen LogP contribution in [0.25, 0.3) is 49.4 Å². The second kappa shape index (κ2) is 4.26. The van der Waals surface area contributed by atoms with Crippen LogP contribution in [0.1, 0.15) is 6.92 Å². The highest BCUT2D eigenvalue weighted by molar-refractivity contribution is 6.17. The molecule has 5 rings (SSSR count). The summed E-state index contributed by atoms with van der Waals surface area (Å²) in [6.45, 7) is 6.21. The third-order valence-electron chi connectivity index (χ3n) is 4.55. The van der Waals surface area contributed by atoms with Gasteiger partial charge in [-0.3, -0.25) is 0 Å². The SMILES string of the molecule is C=C(C)n1c2ccccc2c2cc3oc4ccccc4c3cc21. The molecule has 2 heterocycles. The molecule has 0 unspecified atom stereocenters. The normalized spacial score (nSPS) is 11.9. The van der Waals surface area contributed by atoms with Crippen LogP contribution in [0.3, 0.4) is 0 Å². The van der Waals surface area contributed by atoms with Crippen molar-refractivity contribution in [1.82, 2.24) is 4.57 Å². The van der Waals surface area contributed by atoms with Crippen LogP contribution in [0.5, 0.6) is 0 Å². The minimum atomic E-state index is 0.932. The molecule has 23 heavy (non-hydrogen) atoms. The third-order valence-corrected chi connectivity index (χ3v) is 4.55. The fraction of sp³-hybridized carbons (Fsp3) is 0.0476. The molecule has 0 radical (unpaired) electrons. The lowest BCUT2D eigenvalue weighted by molar-refractivity contribution is 0.669. The molecule has 0 saturated carbocycles. The first kappa shape index (κ1) is 12.5. The Morgan fingerprint density at radius 3 is 2.35 bits per heavy atom. The van der Waals surface area contributed by atoms with Crippen molar-refractivity contribution in [2.45, 2.75) is 6.92 Å². The van der Waals surface area contributed by atoms with Crippen LogP contribution in [-0.4, -0.2) is 4.57 Å². The molecule has 0 aliphatic rings. The summed E-state index contributed by atoms with van der Waals surface area (Å²) in [5.74, 6) is 0. The van der Waals surface area contributed by atoms with Crippen LogP contribution in [0.4, 0.5) is 0 Å². The molecule has 0 atom stereocenters. The van der Waals surface area contributed by atoms with Crippen LogP contribution in [0.15, 0.2) is 71.7 Å². The van der Waals surface area contributed by atoms with E-state index in [2.05, 4.69) is 59.7 Å². The van der Waals surface area contributed by atoms with Gasteiger partial charge in [-0.05, 0) is 31.2 Å². The average Bonchev–Trinajstić information content (AvgIpc) is 3.08. The van der Waals surface area contributed by atoms with Gasteiger partial charge in [-0.15, -0.1) is 0 Å². The van der Waals surface area contributed by atoms with Crippen LogP contribution < -0.4 is 0 Å². The fourth-order valence-electron chi connectivity index (χ4n) is 3.60. The summed E-state index contributed by atoms with van der Waals surface area (Å²) in [5, 5.41) is 4.74. The van der Waals surface area contributed by atoms with Crippen molar-refractivity contribution in [3.8, 4) is 0 Å². The van der Waals surface area contributed by atoms with Crippen molar-refractivity contribution < 1.29 is 4.42 Å². The summed E-state index contributed by atoms with van der Waals surface area (Å²) in [5.41, 5.74) is 5.25. The third kappa shape index (κ3) is 1.58. The van der Waals surface area contributed by atoms with Gasteiger partial charge in [0.15, 0.2) is 0 Å². The number of para-hydroxylation sites is 2. The Morgan fingerprint density at radius 2 is 1.52 bits per heavy atom. The van der Waals surface area contributed by atoms with Crippen LogP contribution >= 0.6 is 0 Å². The van der Waals surface area contributed by atoms with E-state index in [1.807, 2.05) is 19.1 Å². The van der Waals surface area contributed by atoms with Gasteiger partial charge in [-0.1, -0.05) is 43.0 Å². The van der Waals surface area contributed by atoms with E-state index in [0.29, 0.717) is 0 Å². The first-order valence-electron chi connectivity index (χ1n) is 7.74. The zero-order chi connectivity index (χ0) is 15.6. The second-order valence-electron chi connectivity index (χ2n) is 6.05. The molecule has 5 aromatic rings.